The second-order valence-corrected chi connectivity index (χ2v) is 4.54. The Balaban J connectivity index is 3.02. The molecule has 0 unspecified atom stereocenters. The van der Waals surface area contributed by atoms with Crippen LogP contribution in [0.25, 0.3) is 0 Å². The first-order valence-corrected chi connectivity index (χ1v) is 6.75. The van der Waals surface area contributed by atoms with Gasteiger partial charge in [0.05, 0.1) is 6.10 Å². The predicted molar refractivity (Wildman–Crippen MR) is 76.2 cm³/mol. The van der Waals surface area contributed by atoms with E-state index in [-0.39, 0.29) is 6.10 Å². The van der Waals surface area contributed by atoms with Crippen LogP contribution in [-0.4, -0.2) is 34.1 Å². The lowest BCUT2D eigenvalue weighted by Gasteiger charge is -2.22. The Morgan fingerprint density at radius 2 is 1.79 bits per heavy atom. The Morgan fingerprint density at radius 1 is 1.16 bits per heavy atom. The maximum absolute atomic E-state index is 5.52. The molecule has 1 aromatic rings. The molecule has 0 amide bonds. The van der Waals surface area contributed by atoms with Gasteiger partial charge in [-0.05, 0) is 26.7 Å². The molecule has 108 valence electrons. The highest BCUT2D eigenvalue weighted by atomic mass is 16.5. The van der Waals surface area contributed by atoms with Gasteiger partial charge < -0.3 is 9.64 Å². The van der Waals surface area contributed by atoms with E-state index in [0.717, 1.165) is 25.9 Å². The van der Waals surface area contributed by atoms with E-state index in [0.29, 0.717) is 17.9 Å². The lowest BCUT2D eigenvalue weighted by Crippen LogP contribution is -2.28. The van der Waals surface area contributed by atoms with Crippen LogP contribution in [0.4, 0.5) is 11.9 Å². The van der Waals surface area contributed by atoms with E-state index in [1.165, 1.54) is 0 Å². The molecule has 1 heterocycles. The highest BCUT2D eigenvalue weighted by Crippen LogP contribution is 2.16. The van der Waals surface area contributed by atoms with Crippen molar-refractivity contribution in [1.29, 1.82) is 0 Å². The van der Waals surface area contributed by atoms with E-state index >= 15 is 0 Å². The summed E-state index contributed by atoms with van der Waals surface area (Å²) >= 11 is 0. The van der Waals surface area contributed by atoms with Crippen LogP contribution >= 0.6 is 0 Å². The van der Waals surface area contributed by atoms with Crippen molar-refractivity contribution in [3.63, 3.8) is 0 Å². The van der Waals surface area contributed by atoms with Gasteiger partial charge in [-0.2, -0.15) is 15.0 Å². The van der Waals surface area contributed by atoms with Gasteiger partial charge in [0.1, 0.15) is 0 Å². The second kappa shape index (κ2) is 7.73. The molecular formula is C12H24N6O. The smallest absolute Gasteiger partial charge is 0.323 e. The molecule has 0 aliphatic rings. The van der Waals surface area contributed by atoms with E-state index < -0.39 is 0 Å². The third-order valence-corrected chi connectivity index (χ3v) is 2.34. The van der Waals surface area contributed by atoms with Crippen molar-refractivity contribution in [2.45, 2.75) is 46.6 Å². The van der Waals surface area contributed by atoms with Crippen molar-refractivity contribution >= 4 is 11.9 Å². The molecule has 1 rings (SSSR count). The minimum Gasteiger partial charge on any atom is -0.461 e. The number of anilines is 2. The van der Waals surface area contributed by atoms with E-state index in [9.17, 15) is 0 Å². The third-order valence-electron chi connectivity index (χ3n) is 2.34. The summed E-state index contributed by atoms with van der Waals surface area (Å²) in [6.45, 7) is 9.88. The molecule has 0 saturated heterocycles. The fourth-order valence-electron chi connectivity index (χ4n) is 1.67. The zero-order chi connectivity index (χ0) is 14.3. The van der Waals surface area contributed by atoms with Crippen molar-refractivity contribution in [1.82, 2.24) is 15.0 Å². The molecule has 7 heteroatoms. The number of nitrogens with one attached hydrogen (secondary N) is 1. The van der Waals surface area contributed by atoms with Gasteiger partial charge in [-0.3, -0.25) is 5.43 Å². The summed E-state index contributed by atoms with van der Waals surface area (Å²) in [5.74, 6) is 6.31. The van der Waals surface area contributed by atoms with Crippen molar-refractivity contribution in [2.24, 2.45) is 5.84 Å². The lowest BCUT2D eigenvalue weighted by molar-refractivity contribution is 0.222. The van der Waals surface area contributed by atoms with Crippen LogP contribution in [0.5, 0.6) is 6.01 Å². The number of nitrogens with two attached hydrogens (primary N) is 1. The summed E-state index contributed by atoms with van der Waals surface area (Å²) in [6, 6.07) is 0.296. The number of nitrogen functional groups attached to an aromatic ring is 1. The molecule has 0 atom stereocenters. The Morgan fingerprint density at radius 3 is 2.26 bits per heavy atom. The fourth-order valence-corrected chi connectivity index (χ4v) is 1.67. The molecule has 0 bridgehead atoms. The molecule has 0 aliphatic carbocycles. The summed E-state index contributed by atoms with van der Waals surface area (Å²) in [5.41, 5.74) is 2.45. The van der Waals surface area contributed by atoms with Gasteiger partial charge >= 0.3 is 6.01 Å². The standard InChI is InChI=1S/C12H24N6O/c1-5-7-18(8-6-2)11-14-10(17-13)15-12(16-11)19-9(3)4/h9H,5-8,13H2,1-4H3,(H,14,15,16,17). The molecule has 0 saturated carbocycles. The van der Waals surface area contributed by atoms with Crippen LogP contribution in [0.2, 0.25) is 0 Å². The van der Waals surface area contributed by atoms with Crippen LogP contribution in [-0.2, 0) is 0 Å². The molecule has 0 fully saturated rings. The summed E-state index contributed by atoms with van der Waals surface area (Å²) in [6.07, 6.45) is 2.06. The number of nitrogens with zero attached hydrogens (tertiary/aromatic N) is 4. The molecule has 3 N–H and O–H groups in total. The molecule has 1 aromatic heterocycles. The zero-order valence-electron chi connectivity index (χ0n) is 12.2. The second-order valence-electron chi connectivity index (χ2n) is 4.54. The van der Waals surface area contributed by atoms with Gasteiger partial charge in [0.15, 0.2) is 0 Å². The molecule has 19 heavy (non-hydrogen) atoms. The lowest BCUT2D eigenvalue weighted by atomic mass is 10.4. The fraction of sp³-hybridized carbons (Fsp3) is 0.750. The zero-order valence-corrected chi connectivity index (χ0v) is 12.2. The summed E-state index contributed by atoms with van der Waals surface area (Å²) in [5, 5.41) is 0. The number of ether oxygens (including phenoxy) is 1. The van der Waals surface area contributed by atoms with Gasteiger partial charge in [0.2, 0.25) is 11.9 Å². The predicted octanol–water partition coefficient (Wildman–Crippen LogP) is 1.57. The van der Waals surface area contributed by atoms with Crippen LogP contribution in [0.15, 0.2) is 0 Å². The third kappa shape index (κ3) is 4.86. The van der Waals surface area contributed by atoms with Crippen LogP contribution < -0.4 is 20.9 Å². The van der Waals surface area contributed by atoms with Crippen molar-refractivity contribution in [3.8, 4) is 6.01 Å². The normalized spacial score (nSPS) is 10.6. The van der Waals surface area contributed by atoms with Gasteiger partial charge in [-0.1, -0.05) is 13.8 Å². The van der Waals surface area contributed by atoms with Crippen molar-refractivity contribution in [2.75, 3.05) is 23.4 Å². The minimum absolute atomic E-state index is 0.00618. The average molecular weight is 268 g/mol. The molecule has 0 spiro atoms. The molecular weight excluding hydrogens is 244 g/mol. The van der Waals surface area contributed by atoms with Gasteiger partial charge in [-0.15, -0.1) is 0 Å². The molecule has 0 radical (unpaired) electrons. The monoisotopic (exact) mass is 268 g/mol. The number of hydrazine groups is 1. The number of hydrogen-bond acceptors (Lipinski definition) is 7. The highest BCUT2D eigenvalue weighted by Gasteiger charge is 2.13. The average Bonchev–Trinajstić information content (AvgIpc) is 2.37. The quantitative estimate of drug-likeness (QED) is 0.546. The number of hydrogen-bond donors (Lipinski definition) is 2. The van der Waals surface area contributed by atoms with Gasteiger partial charge in [0.25, 0.3) is 0 Å². The summed E-state index contributed by atoms with van der Waals surface area (Å²) < 4.78 is 5.52. The summed E-state index contributed by atoms with van der Waals surface area (Å²) in [7, 11) is 0. The van der Waals surface area contributed by atoms with Crippen LogP contribution in [0.3, 0.4) is 0 Å². The number of aromatic nitrogens is 3. The van der Waals surface area contributed by atoms with Crippen molar-refractivity contribution < 1.29 is 4.74 Å². The van der Waals surface area contributed by atoms with Crippen LogP contribution in [0, 0.1) is 0 Å². The highest BCUT2D eigenvalue weighted by molar-refractivity contribution is 5.37. The van der Waals surface area contributed by atoms with E-state index in [1.807, 2.05) is 13.8 Å². The van der Waals surface area contributed by atoms with Crippen molar-refractivity contribution in [3.05, 3.63) is 0 Å². The number of rotatable bonds is 8. The Kier molecular flexibility index (Phi) is 6.27. The first-order chi connectivity index (χ1) is 9.10. The minimum atomic E-state index is 0.00618. The van der Waals surface area contributed by atoms with E-state index in [4.69, 9.17) is 10.6 Å². The molecule has 7 nitrogen and oxygen atoms in total. The molecule has 0 aliphatic heterocycles. The Bertz CT molecular complexity index is 378. The van der Waals surface area contributed by atoms with Gasteiger partial charge in [0, 0.05) is 13.1 Å². The first kappa shape index (κ1) is 15.4. The first-order valence-electron chi connectivity index (χ1n) is 6.75. The van der Waals surface area contributed by atoms with E-state index in [1.54, 1.807) is 0 Å². The molecule has 0 aromatic carbocycles. The summed E-state index contributed by atoms with van der Waals surface area (Å²) in [4.78, 5) is 14.8. The van der Waals surface area contributed by atoms with Gasteiger partial charge in [-0.25, -0.2) is 5.84 Å². The SMILES string of the molecule is CCCN(CCC)c1nc(NN)nc(OC(C)C)n1. The maximum Gasteiger partial charge on any atom is 0.323 e. The van der Waals surface area contributed by atoms with E-state index in [2.05, 4.69) is 39.1 Å². The topological polar surface area (TPSA) is 89.2 Å². The Labute approximate surface area is 114 Å². The van der Waals surface area contributed by atoms with Crippen LogP contribution in [0.1, 0.15) is 40.5 Å². The largest absolute Gasteiger partial charge is 0.461 e. The Hall–Kier alpha value is -1.63. The maximum atomic E-state index is 5.52.